The van der Waals surface area contributed by atoms with Crippen LogP contribution in [0.15, 0.2) is 60.7 Å². The first-order chi connectivity index (χ1) is 16.4. The average molecular weight is 476 g/mol. The zero-order chi connectivity index (χ0) is 23.5. The molecule has 2 aromatic heterocycles. The lowest BCUT2D eigenvalue weighted by Crippen LogP contribution is -2.30. The van der Waals surface area contributed by atoms with E-state index in [-0.39, 0.29) is 18.4 Å². The highest BCUT2D eigenvalue weighted by atomic mass is 32.1. The van der Waals surface area contributed by atoms with E-state index in [9.17, 15) is 15.0 Å². The number of carboxylic acid groups (broad SMARTS) is 1. The number of nitrogens with one attached hydrogen (secondary N) is 1. The molecule has 1 saturated heterocycles. The summed E-state index contributed by atoms with van der Waals surface area (Å²) < 4.78 is 15.1. The Morgan fingerprint density at radius 3 is 2.53 bits per heavy atom. The third-order valence-corrected chi connectivity index (χ3v) is 8.04. The molecule has 3 N–H and O–H groups in total. The number of β-amino-alcohol motifs (C(OH)–C–C–N with tert-alkyl or cyclic N) is 1. The minimum absolute atomic E-state index is 0.0158. The third-order valence-electron chi connectivity index (χ3n) is 7.04. The van der Waals surface area contributed by atoms with Crippen LogP contribution < -0.4 is 5.32 Å². The van der Waals surface area contributed by atoms with E-state index in [0.29, 0.717) is 16.1 Å². The van der Waals surface area contributed by atoms with Crippen molar-refractivity contribution < 1.29 is 19.4 Å². The summed E-state index contributed by atoms with van der Waals surface area (Å²) in [6, 6.07) is 18.0. The van der Waals surface area contributed by atoms with Crippen LogP contribution in [0.5, 0.6) is 0 Å². The molecule has 2 atom stereocenters. The van der Waals surface area contributed by atoms with E-state index in [1.54, 1.807) is 12.1 Å². The van der Waals surface area contributed by atoms with Crippen molar-refractivity contribution in [3.8, 4) is 10.6 Å². The maximum Gasteiger partial charge on any atom is 0.320 e. The van der Waals surface area contributed by atoms with Crippen LogP contribution in [0.25, 0.3) is 20.9 Å². The molecule has 3 heterocycles. The number of rotatable bonds is 5. The minimum Gasteiger partial charge on any atom is -0.480 e. The van der Waals surface area contributed by atoms with Gasteiger partial charge in [0.2, 0.25) is 0 Å². The number of thiazole rings is 1. The summed E-state index contributed by atoms with van der Waals surface area (Å²) in [4.78, 5) is 21.5. The van der Waals surface area contributed by atoms with Crippen molar-refractivity contribution >= 4 is 27.7 Å². The Labute approximate surface area is 199 Å². The van der Waals surface area contributed by atoms with Gasteiger partial charge in [-0.3, -0.25) is 4.79 Å². The Bertz CT molecular complexity index is 1420. The summed E-state index contributed by atoms with van der Waals surface area (Å²) in [5.41, 5.74) is 2.21. The number of aliphatic carboxylic acids is 1. The van der Waals surface area contributed by atoms with Crippen molar-refractivity contribution in [2.75, 3.05) is 6.54 Å². The van der Waals surface area contributed by atoms with Gasteiger partial charge >= 0.3 is 5.97 Å². The molecule has 8 heteroatoms. The molecule has 0 unspecified atom stereocenters. The lowest BCUT2D eigenvalue weighted by atomic mass is 9.90. The minimum atomic E-state index is -1.43. The Balaban J connectivity index is 1.32. The van der Waals surface area contributed by atoms with Gasteiger partial charge in [-0.2, -0.15) is 0 Å². The number of carbonyl (C=O) groups is 1. The highest BCUT2D eigenvalue weighted by Gasteiger charge is 2.47. The van der Waals surface area contributed by atoms with Gasteiger partial charge < -0.3 is 15.5 Å². The molecular weight excluding hydrogens is 453 g/mol. The summed E-state index contributed by atoms with van der Waals surface area (Å²) in [7, 11) is 0. The predicted octanol–water partition coefficient (Wildman–Crippen LogP) is 4.21. The maximum absolute atomic E-state index is 15.1. The predicted molar refractivity (Wildman–Crippen MR) is 127 cm³/mol. The fraction of sp³-hybridized carbons (Fsp3) is 0.269. The Kier molecular flexibility index (Phi) is 4.81. The molecule has 1 aliphatic heterocycles. The SMILES string of the molecule is O=C(O)[C@@H]1C[C@@](O)(c2ccc(-c3nc4ccc(C5(c6ccccc6)CC5)nc4s3)c(F)c2)CN1. The van der Waals surface area contributed by atoms with Gasteiger partial charge in [0.05, 0.1) is 5.69 Å². The molecule has 34 heavy (non-hydrogen) atoms. The molecular formula is C26H22FN3O3S. The molecule has 4 aromatic rings. The van der Waals surface area contributed by atoms with Crippen LogP contribution in [0.3, 0.4) is 0 Å². The van der Waals surface area contributed by atoms with Crippen LogP contribution in [0, 0.1) is 5.82 Å². The molecule has 172 valence electrons. The Morgan fingerprint density at radius 1 is 1.06 bits per heavy atom. The molecule has 2 fully saturated rings. The van der Waals surface area contributed by atoms with E-state index in [1.807, 2.05) is 30.3 Å². The number of aromatic nitrogens is 2. The van der Waals surface area contributed by atoms with Crippen molar-refractivity contribution in [2.24, 2.45) is 0 Å². The highest BCUT2D eigenvalue weighted by Crippen LogP contribution is 2.53. The lowest BCUT2D eigenvalue weighted by molar-refractivity contribution is -0.139. The standard InChI is InChI=1S/C26H22FN3O3S/c27-18-12-16(26(33)13-20(24(31)32)28-14-26)6-7-17(18)22-29-19-8-9-21(30-23(19)34-22)25(10-11-25)15-4-2-1-3-5-15/h1-9,12,20,28,33H,10-11,13-14H2,(H,31,32)/t20-,26-/m0/s1. The van der Waals surface area contributed by atoms with Gasteiger partial charge in [0, 0.05) is 23.9 Å². The number of aliphatic hydroxyl groups is 1. The van der Waals surface area contributed by atoms with E-state index in [4.69, 9.17) is 4.98 Å². The fourth-order valence-electron chi connectivity index (χ4n) is 4.92. The lowest BCUT2D eigenvalue weighted by Gasteiger charge is -2.22. The van der Waals surface area contributed by atoms with E-state index >= 15 is 4.39 Å². The van der Waals surface area contributed by atoms with Crippen LogP contribution in [0.4, 0.5) is 4.39 Å². The summed E-state index contributed by atoms with van der Waals surface area (Å²) in [6.07, 6.45) is 2.09. The number of pyridine rings is 1. The monoisotopic (exact) mass is 475 g/mol. The van der Waals surface area contributed by atoms with Gasteiger partial charge in [0.25, 0.3) is 0 Å². The topological polar surface area (TPSA) is 95.3 Å². The zero-order valence-electron chi connectivity index (χ0n) is 18.2. The zero-order valence-corrected chi connectivity index (χ0v) is 19.0. The molecule has 0 spiro atoms. The van der Waals surface area contributed by atoms with E-state index in [2.05, 4.69) is 22.4 Å². The summed E-state index contributed by atoms with van der Waals surface area (Å²) in [5.74, 6) is -1.54. The number of nitrogens with zero attached hydrogens (tertiary/aromatic N) is 2. The van der Waals surface area contributed by atoms with E-state index in [0.717, 1.165) is 28.9 Å². The molecule has 6 nitrogen and oxygen atoms in total. The number of hydrogen-bond donors (Lipinski definition) is 3. The van der Waals surface area contributed by atoms with Crippen LogP contribution in [0.1, 0.15) is 36.1 Å². The Morgan fingerprint density at radius 2 is 1.85 bits per heavy atom. The second kappa shape index (κ2) is 7.66. The smallest absolute Gasteiger partial charge is 0.320 e. The van der Waals surface area contributed by atoms with Crippen LogP contribution in [0.2, 0.25) is 0 Å². The van der Waals surface area contributed by atoms with Crippen LogP contribution >= 0.6 is 11.3 Å². The van der Waals surface area contributed by atoms with E-state index in [1.165, 1.54) is 23.0 Å². The van der Waals surface area contributed by atoms with Gasteiger partial charge in [0.1, 0.15) is 32.8 Å². The van der Waals surface area contributed by atoms with Gasteiger partial charge in [-0.15, -0.1) is 0 Å². The number of hydrogen-bond acceptors (Lipinski definition) is 6. The summed E-state index contributed by atoms with van der Waals surface area (Å²) in [5, 5.41) is 23.4. The average Bonchev–Trinajstić information content (AvgIpc) is 3.38. The number of benzene rings is 2. The van der Waals surface area contributed by atoms with Crippen molar-refractivity contribution in [3.63, 3.8) is 0 Å². The van der Waals surface area contributed by atoms with Crippen molar-refractivity contribution in [2.45, 2.75) is 36.3 Å². The highest BCUT2D eigenvalue weighted by molar-refractivity contribution is 7.21. The number of fused-ring (bicyclic) bond motifs is 1. The molecule has 1 aliphatic carbocycles. The molecule has 1 saturated carbocycles. The van der Waals surface area contributed by atoms with E-state index < -0.39 is 23.4 Å². The summed E-state index contributed by atoms with van der Waals surface area (Å²) >= 11 is 1.34. The van der Waals surface area contributed by atoms with Crippen molar-refractivity contribution in [1.29, 1.82) is 0 Å². The van der Waals surface area contributed by atoms with Gasteiger partial charge in [-0.1, -0.05) is 47.7 Å². The number of carboxylic acids is 1. The molecule has 0 amide bonds. The van der Waals surface area contributed by atoms with Gasteiger partial charge in [-0.25, -0.2) is 14.4 Å². The first-order valence-electron chi connectivity index (χ1n) is 11.2. The second-order valence-electron chi connectivity index (χ2n) is 9.19. The third kappa shape index (κ3) is 3.41. The van der Waals surface area contributed by atoms with Crippen LogP contribution in [-0.2, 0) is 15.8 Å². The molecule has 0 radical (unpaired) electrons. The van der Waals surface area contributed by atoms with Crippen molar-refractivity contribution in [3.05, 3.63) is 83.3 Å². The van der Waals surface area contributed by atoms with Crippen LogP contribution in [-0.4, -0.2) is 38.7 Å². The second-order valence-corrected chi connectivity index (χ2v) is 10.2. The fourth-order valence-corrected chi connectivity index (χ4v) is 5.89. The largest absolute Gasteiger partial charge is 0.480 e. The van der Waals surface area contributed by atoms with Crippen molar-refractivity contribution in [1.82, 2.24) is 15.3 Å². The van der Waals surface area contributed by atoms with Gasteiger partial charge in [0.15, 0.2) is 0 Å². The molecule has 2 aromatic carbocycles. The molecule has 6 rings (SSSR count). The first kappa shape index (κ1) is 21.3. The molecule has 0 bridgehead atoms. The molecule has 2 aliphatic rings. The van der Waals surface area contributed by atoms with Gasteiger partial charge in [-0.05, 0) is 48.2 Å². The summed E-state index contributed by atoms with van der Waals surface area (Å²) in [6.45, 7) is 0.0553. The first-order valence-corrected chi connectivity index (χ1v) is 12.0. The quantitative estimate of drug-likeness (QED) is 0.400. The number of halogens is 1. The maximum atomic E-state index is 15.1. The Hall–Kier alpha value is -3.20. The normalized spacial score (nSPS) is 23.3.